The van der Waals surface area contributed by atoms with Crippen molar-refractivity contribution >= 4 is 17.4 Å². The topological polar surface area (TPSA) is 44.7 Å². The maximum absolute atomic E-state index is 13.3. The second-order valence-corrected chi connectivity index (χ2v) is 9.35. The number of carbonyl (C=O) groups is 1. The molecule has 0 spiro atoms. The Morgan fingerprint density at radius 3 is 2.14 bits per heavy atom. The molecule has 1 N–H and O–H groups in total. The highest BCUT2D eigenvalue weighted by Gasteiger charge is 2.31. The van der Waals surface area contributed by atoms with Crippen LogP contribution in [0.5, 0.6) is 0 Å². The number of nitrogens with zero attached hydrogens (tertiary/aromatic N) is 2. The molecule has 0 atom stereocenters. The first-order valence-corrected chi connectivity index (χ1v) is 12.0. The van der Waals surface area contributed by atoms with E-state index in [1.807, 2.05) is 5.01 Å². The van der Waals surface area contributed by atoms with Gasteiger partial charge in [-0.25, -0.2) is 9.80 Å². The summed E-state index contributed by atoms with van der Waals surface area (Å²) in [5.41, 5.74) is 4.41. The van der Waals surface area contributed by atoms with E-state index in [4.69, 9.17) is 5.10 Å². The number of hydrogen-bond donors (Lipinski definition) is 1. The largest absolute Gasteiger partial charge is 0.342 e. The number of fused-ring (bicyclic) bond motifs is 1. The lowest BCUT2D eigenvalue weighted by molar-refractivity contribution is 0.178. The monoisotopic (exact) mass is 395 g/mol. The van der Waals surface area contributed by atoms with Crippen molar-refractivity contribution in [3.05, 3.63) is 29.3 Å². The van der Waals surface area contributed by atoms with Crippen molar-refractivity contribution in [2.24, 2.45) is 11.0 Å². The Labute approximate surface area is 176 Å². The van der Waals surface area contributed by atoms with Crippen LogP contribution in [0.25, 0.3) is 0 Å². The van der Waals surface area contributed by atoms with Gasteiger partial charge in [0.15, 0.2) is 0 Å². The Bertz CT molecular complexity index is 726. The molecule has 29 heavy (non-hydrogen) atoms. The van der Waals surface area contributed by atoms with Gasteiger partial charge in [-0.15, -0.1) is 0 Å². The lowest BCUT2D eigenvalue weighted by Crippen LogP contribution is -2.39. The third kappa shape index (κ3) is 5.02. The van der Waals surface area contributed by atoms with Gasteiger partial charge >= 0.3 is 6.03 Å². The molecule has 0 aromatic heterocycles. The van der Waals surface area contributed by atoms with Gasteiger partial charge < -0.3 is 5.32 Å². The minimum atomic E-state index is -0.0373. The van der Waals surface area contributed by atoms with Crippen LogP contribution in [0, 0.1) is 12.8 Å². The molecule has 158 valence electrons. The second kappa shape index (κ2) is 9.77. The number of nitrogens with one attached hydrogen (secondary N) is 1. The molecule has 1 aliphatic heterocycles. The fourth-order valence-electron chi connectivity index (χ4n) is 5.33. The quantitative estimate of drug-likeness (QED) is 0.574. The Balaban J connectivity index is 1.66. The van der Waals surface area contributed by atoms with Gasteiger partial charge in [-0.1, -0.05) is 76.3 Å². The molecule has 1 heterocycles. The number of hydrazone groups is 1. The van der Waals surface area contributed by atoms with E-state index in [2.05, 4.69) is 30.4 Å². The van der Waals surface area contributed by atoms with E-state index in [-0.39, 0.29) is 12.1 Å². The number of rotatable bonds is 2. The Morgan fingerprint density at radius 2 is 1.45 bits per heavy atom. The Hall–Kier alpha value is -1.84. The van der Waals surface area contributed by atoms with Gasteiger partial charge in [0.25, 0.3) is 0 Å². The van der Waals surface area contributed by atoms with Crippen molar-refractivity contribution in [3.8, 4) is 0 Å². The van der Waals surface area contributed by atoms with Gasteiger partial charge in [0.1, 0.15) is 0 Å². The zero-order chi connectivity index (χ0) is 20.1. The van der Waals surface area contributed by atoms with E-state index >= 15 is 0 Å². The Kier molecular flexibility index (Phi) is 6.89. The van der Waals surface area contributed by atoms with E-state index < -0.39 is 0 Å². The molecule has 2 amide bonds. The summed E-state index contributed by atoms with van der Waals surface area (Å²) < 4.78 is 0. The summed E-state index contributed by atoms with van der Waals surface area (Å²) in [5.74, 6) is 0.472. The first-order valence-electron chi connectivity index (χ1n) is 12.0. The fraction of sp³-hybridized carbons (Fsp3) is 0.680. The number of urea groups is 1. The number of carbonyl (C=O) groups excluding carboxylic acids is 1. The van der Waals surface area contributed by atoms with Crippen LogP contribution >= 0.6 is 0 Å². The molecule has 2 aliphatic carbocycles. The highest BCUT2D eigenvalue weighted by Crippen LogP contribution is 2.34. The van der Waals surface area contributed by atoms with Crippen LogP contribution in [0.15, 0.2) is 23.3 Å². The normalized spacial score (nSPS) is 23.0. The summed E-state index contributed by atoms with van der Waals surface area (Å²) >= 11 is 0. The molecule has 0 bridgehead atoms. The number of aryl methyl sites for hydroxylation is 1. The van der Waals surface area contributed by atoms with Crippen LogP contribution in [-0.4, -0.2) is 22.8 Å². The van der Waals surface area contributed by atoms with Crippen molar-refractivity contribution in [3.63, 3.8) is 0 Å². The molecular formula is C25H37N3O. The first-order chi connectivity index (χ1) is 14.2. The molecule has 3 aliphatic rings. The predicted molar refractivity (Wildman–Crippen MR) is 120 cm³/mol. The number of hydrogen-bond acceptors (Lipinski definition) is 2. The standard InChI is InChI=1S/C25H37N3O/c1-19-16-17-22-23(18-19)26-25(29)28(27-24(22)20-12-8-7-9-13-20)21-14-10-5-3-2-4-6-11-15-21/h16-18,20-21H,2-15H2,1H3,(H,26,29). The summed E-state index contributed by atoms with van der Waals surface area (Å²) in [6.07, 6.45) is 17.4. The first kappa shape index (κ1) is 20.4. The van der Waals surface area contributed by atoms with Gasteiger partial charge in [-0.05, 0) is 44.2 Å². The van der Waals surface area contributed by atoms with Crippen LogP contribution in [0.1, 0.15) is 101 Å². The average Bonchev–Trinajstić information content (AvgIpc) is 2.88. The van der Waals surface area contributed by atoms with Gasteiger partial charge in [0.05, 0.1) is 17.4 Å². The predicted octanol–water partition coefficient (Wildman–Crippen LogP) is 7.02. The van der Waals surface area contributed by atoms with Crippen molar-refractivity contribution in [1.29, 1.82) is 0 Å². The van der Waals surface area contributed by atoms with Crippen molar-refractivity contribution in [1.82, 2.24) is 5.01 Å². The number of anilines is 1. The van der Waals surface area contributed by atoms with E-state index in [0.717, 1.165) is 29.8 Å². The molecule has 0 saturated heterocycles. The molecule has 1 aromatic carbocycles. The summed E-state index contributed by atoms with van der Waals surface area (Å²) in [5, 5.41) is 10.2. The van der Waals surface area contributed by atoms with Crippen molar-refractivity contribution in [2.75, 3.05) is 5.32 Å². The van der Waals surface area contributed by atoms with Crippen molar-refractivity contribution < 1.29 is 4.79 Å². The van der Waals surface area contributed by atoms with Gasteiger partial charge in [-0.3, -0.25) is 0 Å². The highest BCUT2D eigenvalue weighted by molar-refractivity contribution is 6.11. The third-order valence-electron chi connectivity index (χ3n) is 7.03. The third-order valence-corrected chi connectivity index (χ3v) is 7.03. The second-order valence-electron chi connectivity index (χ2n) is 9.35. The van der Waals surface area contributed by atoms with E-state index in [1.54, 1.807) is 0 Å². The maximum Gasteiger partial charge on any atom is 0.342 e. The minimum absolute atomic E-state index is 0.0373. The molecule has 4 nitrogen and oxygen atoms in total. The molecule has 2 fully saturated rings. The zero-order valence-corrected chi connectivity index (χ0v) is 18.1. The minimum Gasteiger partial charge on any atom is -0.306 e. The summed E-state index contributed by atoms with van der Waals surface area (Å²) in [7, 11) is 0. The lowest BCUT2D eigenvalue weighted by Gasteiger charge is -2.29. The number of amides is 2. The SMILES string of the molecule is Cc1ccc2c(c1)NC(=O)N(C1CCCCCCCCC1)N=C2C1CCCCC1. The lowest BCUT2D eigenvalue weighted by atomic mass is 9.82. The van der Waals surface area contributed by atoms with Crippen LogP contribution in [0.4, 0.5) is 10.5 Å². The molecular weight excluding hydrogens is 358 g/mol. The number of benzene rings is 1. The maximum atomic E-state index is 13.3. The summed E-state index contributed by atoms with van der Waals surface area (Å²) in [6, 6.07) is 6.63. The molecule has 4 rings (SSSR count). The highest BCUT2D eigenvalue weighted by atomic mass is 16.2. The smallest absolute Gasteiger partial charge is 0.306 e. The van der Waals surface area contributed by atoms with Crippen LogP contribution in [0.3, 0.4) is 0 Å². The molecule has 0 unspecified atom stereocenters. The van der Waals surface area contributed by atoms with Gasteiger partial charge in [0, 0.05) is 11.5 Å². The van der Waals surface area contributed by atoms with Gasteiger partial charge in [0.2, 0.25) is 0 Å². The Morgan fingerprint density at radius 1 is 0.862 bits per heavy atom. The van der Waals surface area contributed by atoms with Crippen LogP contribution in [-0.2, 0) is 0 Å². The summed E-state index contributed by atoms with van der Waals surface area (Å²) in [6.45, 7) is 2.09. The average molecular weight is 396 g/mol. The molecule has 1 aromatic rings. The van der Waals surface area contributed by atoms with Gasteiger partial charge in [-0.2, -0.15) is 5.10 Å². The fourth-order valence-corrected chi connectivity index (χ4v) is 5.33. The van der Waals surface area contributed by atoms with Crippen LogP contribution < -0.4 is 5.32 Å². The van der Waals surface area contributed by atoms with Crippen LogP contribution in [0.2, 0.25) is 0 Å². The zero-order valence-electron chi connectivity index (χ0n) is 18.1. The van der Waals surface area contributed by atoms with E-state index in [9.17, 15) is 4.79 Å². The summed E-state index contributed by atoms with van der Waals surface area (Å²) in [4.78, 5) is 13.3. The van der Waals surface area contributed by atoms with E-state index in [1.165, 1.54) is 82.6 Å². The van der Waals surface area contributed by atoms with E-state index in [0.29, 0.717) is 5.92 Å². The molecule has 2 saturated carbocycles. The van der Waals surface area contributed by atoms with Crippen molar-refractivity contribution in [2.45, 2.75) is 103 Å². The molecule has 4 heteroatoms. The molecule has 0 radical (unpaired) electrons.